The zero-order valence-corrected chi connectivity index (χ0v) is 13.9. The number of amides is 4. The van der Waals surface area contributed by atoms with E-state index in [2.05, 4.69) is 21.3 Å². The largest absolute Gasteiger partial charge is 0.376 e. The van der Waals surface area contributed by atoms with E-state index in [0.29, 0.717) is 18.0 Å². The van der Waals surface area contributed by atoms with Gasteiger partial charge in [-0.05, 0) is 36.6 Å². The second-order valence-corrected chi connectivity index (χ2v) is 5.61. The first-order valence-corrected chi connectivity index (χ1v) is 7.47. The Labute approximate surface area is 136 Å². The van der Waals surface area contributed by atoms with Crippen LogP contribution in [0.3, 0.4) is 0 Å². The summed E-state index contributed by atoms with van der Waals surface area (Å²) in [6, 6.07) is 4.65. The van der Waals surface area contributed by atoms with Crippen molar-refractivity contribution in [1.29, 1.82) is 0 Å². The van der Waals surface area contributed by atoms with Crippen molar-refractivity contribution < 1.29 is 14.4 Å². The normalized spacial score (nSPS) is 10.1. The summed E-state index contributed by atoms with van der Waals surface area (Å²) >= 11 is 0. The first-order chi connectivity index (χ1) is 10.8. The number of aryl methyl sites for hydroxylation is 1. The highest BCUT2D eigenvalue weighted by Gasteiger charge is 2.10. The number of carbonyl (C=O) groups excluding carboxylic acids is 3. The lowest BCUT2D eigenvalue weighted by atomic mass is 10.1. The van der Waals surface area contributed by atoms with E-state index in [-0.39, 0.29) is 12.5 Å². The molecule has 1 aromatic rings. The predicted octanol–water partition coefficient (Wildman–Crippen LogP) is 1.25. The lowest BCUT2D eigenvalue weighted by Crippen LogP contribution is -2.40. The van der Waals surface area contributed by atoms with Crippen molar-refractivity contribution in [2.75, 3.05) is 25.5 Å². The van der Waals surface area contributed by atoms with Gasteiger partial charge in [0, 0.05) is 24.8 Å². The van der Waals surface area contributed by atoms with Gasteiger partial charge in [-0.2, -0.15) is 0 Å². The summed E-state index contributed by atoms with van der Waals surface area (Å²) in [6.07, 6.45) is 0. The number of imide groups is 1. The Kier molecular flexibility index (Phi) is 7.05. The molecule has 0 spiro atoms. The summed E-state index contributed by atoms with van der Waals surface area (Å²) < 4.78 is 0. The number of urea groups is 1. The van der Waals surface area contributed by atoms with Crippen molar-refractivity contribution in [3.8, 4) is 0 Å². The fourth-order valence-electron chi connectivity index (χ4n) is 1.81. The molecule has 0 aliphatic rings. The van der Waals surface area contributed by atoms with Crippen LogP contribution >= 0.6 is 0 Å². The first kappa shape index (κ1) is 18.5. The second kappa shape index (κ2) is 8.77. The SMILES string of the molecule is CNC(=O)NC(=O)CNc1ccc(C(=O)NCC(C)C)cc1C. The lowest BCUT2D eigenvalue weighted by molar-refractivity contribution is -0.118. The molecular formula is C16H24N4O3. The number of carbonyl (C=O) groups is 3. The molecule has 4 N–H and O–H groups in total. The molecule has 0 aromatic heterocycles. The van der Waals surface area contributed by atoms with Gasteiger partial charge in [-0.15, -0.1) is 0 Å². The van der Waals surface area contributed by atoms with Crippen LogP contribution < -0.4 is 21.3 Å². The van der Waals surface area contributed by atoms with Gasteiger partial charge in [0.2, 0.25) is 5.91 Å². The molecule has 0 atom stereocenters. The van der Waals surface area contributed by atoms with E-state index in [1.165, 1.54) is 7.05 Å². The number of benzene rings is 1. The van der Waals surface area contributed by atoms with Crippen molar-refractivity contribution in [3.63, 3.8) is 0 Å². The highest BCUT2D eigenvalue weighted by atomic mass is 16.2. The fraction of sp³-hybridized carbons (Fsp3) is 0.438. The molecule has 7 heteroatoms. The van der Waals surface area contributed by atoms with Gasteiger partial charge >= 0.3 is 6.03 Å². The number of rotatable bonds is 6. The third-order valence-corrected chi connectivity index (χ3v) is 3.08. The molecule has 4 amide bonds. The van der Waals surface area contributed by atoms with E-state index in [1.54, 1.807) is 18.2 Å². The van der Waals surface area contributed by atoms with Crippen LogP contribution in [0.2, 0.25) is 0 Å². The summed E-state index contributed by atoms with van der Waals surface area (Å²) in [6.45, 7) is 6.49. The van der Waals surface area contributed by atoms with Crippen molar-refractivity contribution in [3.05, 3.63) is 29.3 Å². The molecule has 0 aliphatic carbocycles. The van der Waals surface area contributed by atoms with E-state index >= 15 is 0 Å². The van der Waals surface area contributed by atoms with Gasteiger partial charge in [0.15, 0.2) is 0 Å². The maximum Gasteiger partial charge on any atom is 0.321 e. The van der Waals surface area contributed by atoms with Crippen LogP contribution in [0.4, 0.5) is 10.5 Å². The van der Waals surface area contributed by atoms with Crippen LogP contribution in [0.25, 0.3) is 0 Å². The van der Waals surface area contributed by atoms with Crippen LogP contribution in [0.5, 0.6) is 0 Å². The fourth-order valence-corrected chi connectivity index (χ4v) is 1.81. The van der Waals surface area contributed by atoms with Crippen molar-refractivity contribution in [2.24, 2.45) is 5.92 Å². The Hall–Kier alpha value is -2.57. The van der Waals surface area contributed by atoms with Crippen molar-refractivity contribution in [2.45, 2.75) is 20.8 Å². The van der Waals surface area contributed by atoms with E-state index in [0.717, 1.165) is 11.3 Å². The summed E-state index contributed by atoms with van der Waals surface area (Å²) in [4.78, 5) is 34.5. The molecule has 0 unspecified atom stereocenters. The Morgan fingerprint density at radius 3 is 2.43 bits per heavy atom. The van der Waals surface area contributed by atoms with Crippen LogP contribution in [-0.4, -0.2) is 38.0 Å². The lowest BCUT2D eigenvalue weighted by Gasteiger charge is -2.12. The summed E-state index contributed by atoms with van der Waals surface area (Å²) in [5.74, 6) is -0.173. The van der Waals surface area contributed by atoms with E-state index in [1.807, 2.05) is 20.8 Å². The minimum absolute atomic E-state index is 0.0346. The molecule has 0 heterocycles. The maximum absolute atomic E-state index is 12.0. The highest BCUT2D eigenvalue weighted by molar-refractivity contribution is 5.96. The molecule has 0 radical (unpaired) electrons. The van der Waals surface area contributed by atoms with Gasteiger partial charge < -0.3 is 16.0 Å². The number of nitrogens with one attached hydrogen (secondary N) is 4. The second-order valence-electron chi connectivity index (χ2n) is 5.61. The van der Waals surface area contributed by atoms with Crippen molar-refractivity contribution in [1.82, 2.24) is 16.0 Å². The third-order valence-electron chi connectivity index (χ3n) is 3.08. The molecule has 0 saturated carbocycles. The minimum atomic E-state index is -0.550. The predicted molar refractivity (Wildman–Crippen MR) is 89.4 cm³/mol. The third kappa shape index (κ3) is 6.37. The van der Waals surface area contributed by atoms with Crippen LogP contribution in [-0.2, 0) is 4.79 Å². The number of anilines is 1. The Morgan fingerprint density at radius 1 is 1.17 bits per heavy atom. The molecular weight excluding hydrogens is 296 g/mol. The standard InChI is InChI=1S/C16H24N4O3/c1-10(2)8-19-15(22)12-5-6-13(11(3)7-12)18-9-14(21)20-16(23)17-4/h5-7,10,18H,8-9H2,1-4H3,(H,19,22)(H2,17,20,21,23). The Balaban J connectivity index is 2.61. The monoisotopic (exact) mass is 320 g/mol. The average molecular weight is 320 g/mol. The molecule has 23 heavy (non-hydrogen) atoms. The average Bonchev–Trinajstić information content (AvgIpc) is 2.51. The zero-order valence-electron chi connectivity index (χ0n) is 13.9. The molecule has 1 aromatic carbocycles. The van der Waals surface area contributed by atoms with Crippen molar-refractivity contribution >= 4 is 23.5 Å². The van der Waals surface area contributed by atoms with E-state index in [9.17, 15) is 14.4 Å². The van der Waals surface area contributed by atoms with Gasteiger partial charge in [-0.3, -0.25) is 14.9 Å². The van der Waals surface area contributed by atoms with Crippen LogP contribution in [0.15, 0.2) is 18.2 Å². The van der Waals surface area contributed by atoms with Gasteiger partial charge in [-0.1, -0.05) is 13.8 Å². The van der Waals surface area contributed by atoms with Gasteiger partial charge in [-0.25, -0.2) is 4.79 Å². The summed E-state index contributed by atoms with van der Waals surface area (Å²) in [5.41, 5.74) is 2.15. The van der Waals surface area contributed by atoms with Gasteiger partial charge in [0.25, 0.3) is 5.91 Å². The molecule has 7 nitrogen and oxygen atoms in total. The van der Waals surface area contributed by atoms with E-state index < -0.39 is 11.9 Å². The zero-order chi connectivity index (χ0) is 17.4. The first-order valence-electron chi connectivity index (χ1n) is 7.47. The maximum atomic E-state index is 12.0. The molecule has 0 fully saturated rings. The number of hydrogen-bond donors (Lipinski definition) is 4. The van der Waals surface area contributed by atoms with Gasteiger partial charge in [0.1, 0.15) is 0 Å². The molecule has 1 rings (SSSR count). The smallest absolute Gasteiger partial charge is 0.321 e. The molecule has 0 aliphatic heterocycles. The molecule has 0 saturated heterocycles. The van der Waals surface area contributed by atoms with Crippen LogP contribution in [0, 0.1) is 12.8 Å². The van der Waals surface area contributed by atoms with Crippen LogP contribution in [0.1, 0.15) is 29.8 Å². The highest BCUT2D eigenvalue weighted by Crippen LogP contribution is 2.16. The van der Waals surface area contributed by atoms with Gasteiger partial charge in [0.05, 0.1) is 6.54 Å². The summed E-state index contributed by atoms with van der Waals surface area (Å²) in [5, 5.41) is 10.3. The Morgan fingerprint density at radius 2 is 1.87 bits per heavy atom. The van der Waals surface area contributed by atoms with E-state index in [4.69, 9.17) is 0 Å². The quantitative estimate of drug-likeness (QED) is 0.634. The summed E-state index contributed by atoms with van der Waals surface area (Å²) in [7, 11) is 1.43. The Bertz CT molecular complexity index is 585. The molecule has 0 bridgehead atoms. The topological polar surface area (TPSA) is 99.3 Å². The number of hydrogen-bond acceptors (Lipinski definition) is 4. The minimum Gasteiger partial charge on any atom is -0.376 e. The molecule has 126 valence electrons.